The summed E-state index contributed by atoms with van der Waals surface area (Å²) in [6.07, 6.45) is 1.70. The summed E-state index contributed by atoms with van der Waals surface area (Å²) in [6, 6.07) is 16.1. The van der Waals surface area contributed by atoms with E-state index in [2.05, 4.69) is 43.1 Å². The molecule has 3 rings (SSSR count). The summed E-state index contributed by atoms with van der Waals surface area (Å²) in [5.41, 5.74) is 4.44. The summed E-state index contributed by atoms with van der Waals surface area (Å²) in [7, 11) is 0. The van der Waals surface area contributed by atoms with E-state index in [1.54, 1.807) is 6.07 Å². The molecular formula is C20H20Cl2N2. The van der Waals surface area contributed by atoms with Crippen LogP contribution in [0.5, 0.6) is 0 Å². The van der Waals surface area contributed by atoms with Gasteiger partial charge in [-0.3, -0.25) is 0 Å². The molecule has 0 saturated heterocycles. The molecule has 0 amide bonds. The second-order valence-electron chi connectivity index (χ2n) is 5.98. The van der Waals surface area contributed by atoms with Crippen LogP contribution in [-0.4, -0.2) is 9.97 Å². The predicted molar refractivity (Wildman–Crippen MR) is 101 cm³/mol. The van der Waals surface area contributed by atoms with E-state index >= 15 is 0 Å². The monoisotopic (exact) mass is 358 g/mol. The third-order valence-corrected chi connectivity index (χ3v) is 4.90. The van der Waals surface area contributed by atoms with Gasteiger partial charge in [-0.05, 0) is 36.6 Å². The van der Waals surface area contributed by atoms with Crippen molar-refractivity contribution < 1.29 is 0 Å². The number of rotatable bonds is 5. The molecule has 0 bridgehead atoms. The van der Waals surface area contributed by atoms with Gasteiger partial charge in [0.1, 0.15) is 5.82 Å². The summed E-state index contributed by atoms with van der Waals surface area (Å²) < 4.78 is 0. The van der Waals surface area contributed by atoms with E-state index in [1.807, 2.05) is 18.2 Å². The maximum absolute atomic E-state index is 6.30. The van der Waals surface area contributed by atoms with Gasteiger partial charge in [0, 0.05) is 28.1 Å². The Labute approximate surface area is 152 Å². The van der Waals surface area contributed by atoms with Crippen molar-refractivity contribution in [1.82, 2.24) is 9.97 Å². The zero-order valence-corrected chi connectivity index (χ0v) is 15.3. The minimum Gasteiger partial charge on any atom is -0.345 e. The van der Waals surface area contributed by atoms with Crippen LogP contribution >= 0.6 is 23.2 Å². The number of aryl methyl sites for hydroxylation is 1. The molecule has 1 unspecified atom stereocenters. The van der Waals surface area contributed by atoms with Crippen LogP contribution in [0.4, 0.5) is 0 Å². The Kier molecular flexibility index (Phi) is 5.27. The van der Waals surface area contributed by atoms with E-state index in [-0.39, 0.29) is 5.92 Å². The molecular weight excluding hydrogens is 339 g/mol. The number of nitrogens with zero attached hydrogens (tertiary/aromatic N) is 1. The van der Waals surface area contributed by atoms with E-state index < -0.39 is 0 Å². The molecule has 2 nitrogen and oxygen atoms in total. The lowest BCUT2D eigenvalue weighted by molar-refractivity contribution is 0.726. The first kappa shape index (κ1) is 17.1. The average Bonchev–Trinajstić information content (AvgIpc) is 2.92. The lowest BCUT2D eigenvalue weighted by atomic mass is 9.96. The van der Waals surface area contributed by atoms with Crippen molar-refractivity contribution in [3.05, 3.63) is 86.9 Å². The van der Waals surface area contributed by atoms with Crippen LogP contribution in [0.1, 0.15) is 47.6 Å². The maximum Gasteiger partial charge on any atom is 0.114 e. The molecule has 0 aliphatic rings. The molecule has 0 spiro atoms. The molecule has 24 heavy (non-hydrogen) atoms. The fourth-order valence-electron chi connectivity index (χ4n) is 2.98. The summed E-state index contributed by atoms with van der Waals surface area (Å²) in [5.74, 6) is 1.29. The molecule has 0 radical (unpaired) electrons. The lowest BCUT2D eigenvalue weighted by Gasteiger charge is -2.12. The molecule has 1 heterocycles. The smallest absolute Gasteiger partial charge is 0.114 e. The Hall–Kier alpha value is -1.77. The normalized spacial score (nSPS) is 12.3. The molecule has 124 valence electrons. The fraction of sp³-hybridized carbons (Fsp3) is 0.250. The highest BCUT2D eigenvalue weighted by molar-refractivity contribution is 6.35. The number of aromatic amines is 1. The minimum atomic E-state index is 0.277. The number of hydrogen-bond acceptors (Lipinski definition) is 1. The van der Waals surface area contributed by atoms with Crippen LogP contribution in [-0.2, 0) is 6.42 Å². The Morgan fingerprint density at radius 1 is 1.08 bits per heavy atom. The molecule has 3 aromatic rings. The molecule has 2 aromatic carbocycles. The summed E-state index contributed by atoms with van der Waals surface area (Å²) >= 11 is 12.3. The third kappa shape index (κ3) is 3.66. The second kappa shape index (κ2) is 7.42. The van der Waals surface area contributed by atoms with Crippen LogP contribution in [0.15, 0.2) is 48.5 Å². The van der Waals surface area contributed by atoms with Gasteiger partial charge in [-0.2, -0.15) is 0 Å². The first-order valence-corrected chi connectivity index (χ1v) is 8.88. The number of aromatic nitrogens is 2. The van der Waals surface area contributed by atoms with Gasteiger partial charge in [0.25, 0.3) is 0 Å². The quantitative estimate of drug-likeness (QED) is 0.581. The highest BCUT2D eigenvalue weighted by atomic mass is 35.5. The first-order chi connectivity index (χ1) is 11.6. The van der Waals surface area contributed by atoms with Gasteiger partial charge < -0.3 is 4.98 Å². The molecule has 1 aromatic heterocycles. The van der Waals surface area contributed by atoms with E-state index in [1.165, 1.54) is 5.56 Å². The maximum atomic E-state index is 6.30. The van der Waals surface area contributed by atoms with Crippen LogP contribution in [0.3, 0.4) is 0 Å². The Morgan fingerprint density at radius 3 is 2.50 bits per heavy atom. The van der Waals surface area contributed by atoms with Crippen molar-refractivity contribution in [1.29, 1.82) is 0 Å². The minimum absolute atomic E-state index is 0.277. The number of halogens is 2. The van der Waals surface area contributed by atoms with Crippen molar-refractivity contribution in [3.63, 3.8) is 0 Å². The average molecular weight is 359 g/mol. The van der Waals surface area contributed by atoms with Crippen molar-refractivity contribution in [2.45, 2.75) is 32.6 Å². The first-order valence-electron chi connectivity index (χ1n) is 8.12. The molecule has 0 aliphatic heterocycles. The standard InChI is InChI=1S/C20H20Cl2N2/c1-3-17(14-7-5-4-6-8-14)20-23-13(2)19(24-20)11-15-9-10-16(21)12-18(15)22/h4-10,12,17H,3,11H2,1-2H3,(H,23,24). The van der Waals surface area contributed by atoms with Crippen LogP contribution in [0, 0.1) is 6.92 Å². The van der Waals surface area contributed by atoms with Gasteiger partial charge in [-0.1, -0.05) is 66.5 Å². The Bertz CT molecular complexity index is 825. The third-order valence-electron chi connectivity index (χ3n) is 4.32. The van der Waals surface area contributed by atoms with E-state index in [0.29, 0.717) is 16.5 Å². The number of nitrogens with one attached hydrogen (secondary N) is 1. The largest absolute Gasteiger partial charge is 0.345 e. The van der Waals surface area contributed by atoms with E-state index in [0.717, 1.165) is 29.2 Å². The zero-order chi connectivity index (χ0) is 17.1. The lowest BCUT2D eigenvalue weighted by Crippen LogP contribution is -2.02. The molecule has 0 fully saturated rings. The van der Waals surface area contributed by atoms with Crippen LogP contribution in [0.2, 0.25) is 10.0 Å². The van der Waals surface area contributed by atoms with Crippen LogP contribution < -0.4 is 0 Å². The predicted octanol–water partition coefficient (Wildman–Crippen LogP) is 6.16. The summed E-state index contributed by atoms with van der Waals surface area (Å²) in [6.45, 7) is 4.25. The second-order valence-corrected chi connectivity index (χ2v) is 6.82. The van der Waals surface area contributed by atoms with Gasteiger partial charge >= 0.3 is 0 Å². The summed E-state index contributed by atoms with van der Waals surface area (Å²) in [5, 5.41) is 1.33. The zero-order valence-electron chi connectivity index (χ0n) is 13.8. The van der Waals surface area contributed by atoms with E-state index in [4.69, 9.17) is 28.2 Å². The Balaban J connectivity index is 1.89. The van der Waals surface area contributed by atoms with Crippen molar-refractivity contribution >= 4 is 23.2 Å². The van der Waals surface area contributed by atoms with Gasteiger partial charge in [0.2, 0.25) is 0 Å². The number of benzene rings is 2. The topological polar surface area (TPSA) is 28.7 Å². The van der Waals surface area contributed by atoms with Crippen molar-refractivity contribution in [2.75, 3.05) is 0 Å². The van der Waals surface area contributed by atoms with Crippen molar-refractivity contribution in [3.8, 4) is 0 Å². The van der Waals surface area contributed by atoms with Gasteiger partial charge in [-0.25, -0.2) is 4.98 Å². The highest BCUT2D eigenvalue weighted by Gasteiger charge is 2.18. The number of hydrogen-bond donors (Lipinski definition) is 1. The highest BCUT2D eigenvalue weighted by Crippen LogP contribution is 2.28. The molecule has 0 saturated carbocycles. The van der Waals surface area contributed by atoms with Crippen molar-refractivity contribution in [2.24, 2.45) is 0 Å². The molecule has 1 atom stereocenters. The van der Waals surface area contributed by atoms with Gasteiger partial charge in [0.05, 0.1) is 5.69 Å². The molecule has 4 heteroatoms. The van der Waals surface area contributed by atoms with Gasteiger partial charge in [0.15, 0.2) is 0 Å². The Morgan fingerprint density at radius 2 is 1.83 bits per heavy atom. The van der Waals surface area contributed by atoms with E-state index in [9.17, 15) is 0 Å². The SMILES string of the molecule is CCC(c1ccccc1)c1nc(Cc2ccc(Cl)cc2Cl)c(C)[nH]1. The molecule has 1 N–H and O–H groups in total. The number of imidazole rings is 1. The molecule has 0 aliphatic carbocycles. The van der Waals surface area contributed by atoms with Crippen LogP contribution in [0.25, 0.3) is 0 Å². The van der Waals surface area contributed by atoms with Gasteiger partial charge in [-0.15, -0.1) is 0 Å². The number of H-pyrrole nitrogens is 1. The fourth-order valence-corrected chi connectivity index (χ4v) is 3.45. The summed E-state index contributed by atoms with van der Waals surface area (Å²) in [4.78, 5) is 8.33.